The van der Waals surface area contributed by atoms with E-state index in [4.69, 9.17) is 4.74 Å². The molecule has 82 valence electrons. The lowest BCUT2D eigenvalue weighted by Crippen LogP contribution is -2.23. The monoisotopic (exact) mass is 223 g/mol. The molecule has 2 nitrogen and oxygen atoms in total. The maximum atomic E-state index is 5.32. The Bertz CT molecular complexity index is 310. The summed E-state index contributed by atoms with van der Waals surface area (Å²) in [6.07, 6.45) is 2.62. The van der Waals surface area contributed by atoms with E-state index in [9.17, 15) is 0 Å². The Balaban J connectivity index is 1.91. The van der Waals surface area contributed by atoms with Crippen LogP contribution in [0, 0.1) is 0 Å². The van der Waals surface area contributed by atoms with Crippen LogP contribution in [0.2, 0.25) is 0 Å². The Hall–Kier alpha value is -0.670. The molecule has 0 aromatic heterocycles. The molecule has 1 aliphatic rings. The molecule has 0 amide bonds. The Morgan fingerprint density at radius 3 is 3.07 bits per heavy atom. The van der Waals surface area contributed by atoms with Crippen LogP contribution in [0.1, 0.15) is 12.8 Å². The summed E-state index contributed by atoms with van der Waals surface area (Å²) in [5.74, 6) is 2.13. The molecule has 1 aliphatic heterocycles. The summed E-state index contributed by atoms with van der Waals surface area (Å²) in [7, 11) is 1.73. The van der Waals surface area contributed by atoms with Crippen LogP contribution in [-0.2, 0) is 0 Å². The van der Waals surface area contributed by atoms with Crippen molar-refractivity contribution in [3.63, 3.8) is 0 Å². The number of para-hydroxylation sites is 1. The molecular weight excluding hydrogens is 206 g/mol. The number of nitrogens with one attached hydrogen (secondary N) is 1. The molecule has 15 heavy (non-hydrogen) atoms. The first-order valence-electron chi connectivity index (χ1n) is 5.39. The van der Waals surface area contributed by atoms with E-state index in [0.29, 0.717) is 6.04 Å². The van der Waals surface area contributed by atoms with Gasteiger partial charge in [-0.1, -0.05) is 12.1 Å². The van der Waals surface area contributed by atoms with Gasteiger partial charge in [-0.05, 0) is 31.5 Å². The zero-order valence-corrected chi connectivity index (χ0v) is 9.85. The van der Waals surface area contributed by atoms with Crippen LogP contribution in [0.4, 0.5) is 0 Å². The Kier molecular flexibility index (Phi) is 3.92. The zero-order chi connectivity index (χ0) is 10.5. The quantitative estimate of drug-likeness (QED) is 0.793. The first kappa shape index (κ1) is 10.8. The fraction of sp³-hybridized carbons (Fsp3) is 0.500. The van der Waals surface area contributed by atoms with E-state index in [-0.39, 0.29) is 0 Å². The van der Waals surface area contributed by atoms with Crippen LogP contribution >= 0.6 is 11.8 Å². The summed E-state index contributed by atoms with van der Waals surface area (Å²) >= 11 is 1.88. The van der Waals surface area contributed by atoms with Gasteiger partial charge in [0, 0.05) is 16.7 Å². The molecule has 1 aromatic carbocycles. The van der Waals surface area contributed by atoms with Gasteiger partial charge < -0.3 is 10.1 Å². The minimum Gasteiger partial charge on any atom is -0.496 e. The second-order valence-electron chi connectivity index (χ2n) is 3.76. The minimum atomic E-state index is 0.680. The normalized spacial score (nSPS) is 20.5. The van der Waals surface area contributed by atoms with Crippen LogP contribution in [0.15, 0.2) is 29.2 Å². The summed E-state index contributed by atoms with van der Waals surface area (Å²) in [5, 5.41) is 3.50. The lowest BCUT2D eigenvalue weighted by atomic mass is 10.3. The predicted molar refractivity (Wildman–Crippen MR) is 64.7 cm³/mol. The molecular formula is C12H17NOS. The minimum absolute atomic E-state index is 0.680. The lowest BCUT2D eigenvalue weighted by Gasteiger charge is -2.11. The Morgan fingerprint density at radius 2 is 2.33 bits per heavy atom. The van der Waals surface area contributed by atoms with Crippen molar-refractivity contribution < 1.29 is 4.74 Å². The van der Waals surface area contributed by atoms with Crippen LogP contribution in [0.25, 0.3) is 0 Å². The highest BCUT2D eigenvalue weighted by Crippen LogP contribution is 2.29. The largest absolute Gasteiger partial charge is 0.496 e. The smallest absolute Gasteiger partial charge is 0.132 e. The summed E-state index contributed by atoms with van der Waals surface area (Å²) in [6, 6.07) is 8.90. The van der Waals surface area contributed by atoms with Crippen LogP contribution in [0.5, 0.6) is 5.75 Å². The van der Waals surface area contributed by atoms with E-state index in [1.54, 1.807) is 7.11 Å². The van der Waals surface area contributed by atoms with E-state index in [1.165, 1.54) is 24.3 Å². The summed E-state index contributed by atoms with van der Waals surface area (Å²) in [5.41, 5.74) is 0. The van der Waals surface area contributed by atoms with Gasteiger partial charge in [-0.15, -0.1) is 11.8 Å². The number of rotatable bonds is 4. The van der Waals surface area contributed by atoms with Gasteiger partial charge in [-0.25, -0.2) is 0 Å². The van der Waals surface area contributed by atoms with Crippen molar-refractivity contribution in [2.75, 3.05) is 19.4 Å². The highest BCUT2D eigenvalue weighted by atomic mass is 32.2. The van der Waals surface area contributed by atoms with E-state index in [0.717, 1.165) is 11.5 Å². The van der Waals surface area contributed by atoms with Crippen molar-refractivity contribution in [1.29, 1.82) is 0 Å². The summed E-state index contributed by atoms with van der Waals surface area (Å²) < 4.78 is 5.32. The SMILES string of the molecule is COc1ccccc1SC[C@H]1CCCN1. The Morgan fingerprint density at radius 1 is 1.47 bits per heavy atom. The third-order valence-electron chi connectivity index (χ3n) is 2.67. The number of hydrogen-bond acceptors (Lipinski definition) is 3. The van der Waals surface area contributed by atoms with Gasteiger partial charge in [0.15, 0.2) is 0 Å². The van der Waals surface area contributed by atoms with Crippen molar-refractivity contribution >= 4 is 11.8 Å². The fourth-order valence-corrected chi connectivity index (χ4v) is 2.96. The highest BCUT2D eigenvalue weighted by molar-refractivity contribution is 7.99. The highest BCUT2D eigenvalue weighted by Gasteiger charge is 2.14. The summed E-state index contributed by atoms with van der Waals surface area (Å²) in [4.78, 5) is 1.24. The van der Waals surface area contributed by atoms with E-state index in [1.807, 2.05) is 23.9 Å². The molecule has 2 rings (SSSR count). The molecule has 0 spiro atoms. The van der Waals surface area contributed by atoms with Gasteiger partial charge in [-0.2, -0.15) is 0 Å². The first-order valence-corrected chi connectivity index (χ1v) is 6.38. The molecule has 3 heteroatoms. The maximum absolute atomic E-state index is 5.32. The molecule has 1 saturated heterocycles. The van der Waals surface area contributed by atoms with E-state index < -0.39 is 0 Å². The van der Waals surface area contributed by atoms with Gasteiger partial charge >= 0.3 is 0 Å². The Labute approximate surface area is 95.4 Å². The molecule has 0 bridgehead atoms. The fourth-order valence-electron chi connectivity index (χ4n) is 1.83. The van der Waals surface area contributed by atoms with Crippen molar-refractivity contribution in [3.8, 4) is 5.75 Å². The standard InChI is InChI=1S/C12H17NOS/c1-14-11-6-2-3-7-12(11)15-9-10-5-4-8-13-10/h2-3,6-7,10,13H,4-5,8-9H2,1H3/t10-/m1/s1. The predicted octanol–water partition coefficient (Wildman–Crippen LogP) is 2.54. The number of hydrogen-bond donors (Lipinski definition) is 1. The lowest BCUT2D eigenvalue weighted by molar-refractivity contribution is 0.405. The number of benzene rings is 1. The molecule has 0 aliphatic carbocycles. The van der Waals surface area contributed by atoms with Crippen molar-refractivity contribution in [1.82, 2.24) is 5.32 Å². The molecule has 1 aromatic rings. The van der Waals surface area contributed by atoms with Crippen LogP contribution < -0.4 is 10.1 Å². The third kappa shape index (κ3) is 2.89. The third-order valence-corrected chi connectivity index (χ3v) is 3.89. The van der Waals surface area contributed by atoms with Gasteiger partial charge in [-0.3, -0.25) is 0 Å². The van der Waals surface area contributed by atoms with Gasteiger partial charge in [0.1, 0.15) is 5.75 Å². The topological polar surface area (TPSA) is 21.3 Å². The van der Waals surface area contributed by atoms with E-state index >= 15 is 0 Å². The van der Waals surface area contributed by atoms with Gasteiger partial charge in [0.2, 0.25) is 0 Å². The van der Waals surface area contributed by atoms with Crippen LogP contribution in [0.3, 0.4) is 0 Å². The molecule has 1 N–H and O–H groups in total. The second kappa shape index (κ2) is 5.42. The molecule has 0 unspecified atom stereocenters. The number of thioether (sulfide) groups is 1. The average molecular weight is 223 g/mol. The molecule has 1 atom stereocenters. The molecule has 1 fully saturated rings. The van der Waals surface area contributed by atoms with Crippen LogP contribution in [-0.4, -0.2) is 25.4 Å². The average Bonchev–Trinajstić information content (AvgIpc) is 2.79. The molecule has 0 saturated carbocycles. The maximum Gasteiger partial charge on any atom is 0.132 e. The molecule has 0 radical (unpaired) electrons. The van der Waals surface area contributed by atoms with Crippen molar-refractivity contribution in [3.05, 3.63) is 24.3 Å². The van der Waals surface area contributed by atoms with Crippen molar-refractivity contribution in [2.45, 2.75) is 23.8 Å². The zero-order valence-electron chi connectivity index (χ0n) is 9.03. The van der Waals surface area contributed by atoms with Gasteiger partial charge in [0.25, 0.3) is 0 Å². The number of methoxy groups -OCH3 is 1. The first-order chi connectivity index (χ1) is 7.40. The van der Waals surface area contributed by atoms with E-state index in [2.05, 4.69) is 17.4 Å². The second-order valence-corrected chi connectivity index (χ2v) is 4.82. The van der Waals surface area contributed by atoms with Crippen molar-refractivity contribution in [2.24, 2.45) is 0 Å². The summed E-state index contributed by atoms with van der Waals surface area (Å²) in [6.45, 7) is 1.18. The number of ether oxygens (including phenoxy) is 1. The molecule has 1 heterocycles. The van der Waals surface area contributed by atoms with Gasteiger partial charge in [0.05, 0.1) is 7.11 Å².